The molecule has 0 amide bonds. The van der Waals surface area contributed by atoms with E-state index in [1.54, 1.807) is 5.57 Å². The van der Waals surface area contributed by atoms with Gasteiger partial charge in [0, 0.05) is 23.0 Å². The number of allylic oxidation sites excluding steroid dienone is 12. The smallest absolute Gasteiger partial charge is 0.0691 e. The maximum Gasteiger partial charge on any atom is 0.0691 e. The van der Waals surface area contributed by atoms with E-state index in [1.165, 1.54) is 83.6 Å². The number of rotatable bonds is 5. The molecule has 1 unspecified atom stereocenters. The summed E-state index contributed by atoms with van der Waals surface area (Å²) in [6, 6.07) is 41.6. The van der Waals surface area contributed by atoms with Gasteiger partial charge in [0.25, 0.3) is 0 Å². The third-order valence-corrected chi connectivity index (χ3v) is 13.3. The van der Waals surface area contributed by atoms with Crippen molar-refractivity contribution in [2.45, 2.75) is 63.2 Å². The van der Waals surface area contributed by atoms with E-state index in [9.17, 15) is 0 Å². The van der Waals surface area contributed by atoms with Crippen molar-refractivity contribution in [2.24, 2.45) is 0 Å². The largest absolute Gasteiger partial charge is 0.317 e. The lowest BCUT2D eigenvalue weighted by molar-refractivity contribution is 0.660. The minimum absolute atomic E-state index is 0.0817. The number of hydrogen-bond acceptors (Lipinski definition) is 1. The van der Waals surface area contributed by atoms with E-state index in [4.69, 9.17) is 0 Å². The summed E-state index contributed by atoms with van der Waals surface area (Å²) in [5.41, 5.74) is 23.1. The highest BCUT2D eigenvalue weighted by molar-refractivity contribution is 5.99. The normalized spacial score (nSPS) is 20.7. The molecule has 266 valence electrons. The van der Waals surface area contributed by atoms with Crippen molar-refractivity contribution < 1.29 is 0 Å². The van der Waals surface area contributed by atoms with Crippen LogP contribution in [0.1, 0.15) is 96.9 Å². The third kappa shape index (κ3) is 4.66. The van der Waals surface area contributed by atoms with Crippen LogP contribution in [0, 0.1) is 0 Å². The maximum absolute atomic E-state index is 2.48. The van der Waals surface area contributed by atoms with Crippen LogP contribution >= 0.6 is 0 Å². The van der Waals surface area contributed by atoms with Gasteiger partial charge in [0.2, 0.25) is 0 Å². The van der Waals surface area contributed by atoms with E-state index < -0.39 is 0 Å². The first-order valence-electron chi connectivity index (χ1n) is 20.3. The molecule has 1 heteroatoms. The van der Waals surface area contributed by atoms with Gasteiger partial charge in [-0.15, -0.1) is 0 Å². The van der Waals surface area contributed by atoms with E-state index in [2.05, 4.69) is 183 Å². The fourth-order valence-electron chi connectivity index (χ4n) is 10.9. The Morgan fingerprint density at radius 2 is 1.31 bits per heavy atom. The van der Waals surface area contributed by atoms with Gasteiger partial charge in [0.1, 0.15) is 0 Å². The van der Waals surface area contributed by atoms with Crippen molar-refractivity contribution in [3.05, 3.63) is 214 Å². The van der Waals surface area contributed by atoms with Crippen LogP contribution in [0.25, 0.3) is 33.9 Å². The molecule has 0 N–H and O–H groups in total. The molecule has 5 aromatic rings. The summed E-state index contributed by atoms with van der Waals surface area (Å²) in [5, 5.41) is 0. The SMILES string of the molecule is CC1(C)c2ccccc2-c2ccc(N(C=Cc3cccc4c3C3(C5=C4CCC=C5)C4=C(C=CCC4)c4ccccc43)c3ccc(C4=CCCC=C4)cc3)cc21. The highest BCUT2D eigenvalue weighted by Gasteiger charge is 2.54. The van der Waals surface area contributed by atoms with Crippen molar-refractivity contribution in [3.63, 3.8) is 0 Å². The fourth-order valence-corrected chi connectivity index (χ4v) is 10.9. The molecule has 1 spiro atoms. The van der Waals surface area contributed by atoms with Crippen LogP contribution in [-0.4, -0.2) is 0 Å². The van der Waals surface area contributed by atoms with E-state index in [0.717, 1.165) is 44.2 Å². The molecule has 0 aliphatic heterocycles. The standard InChI is InChI=1S/C54H45N/c1-53(2)47-23-10-6-18-41(47)45-32-31-40(35-51(45)53)55(39-29-27-37(28-30-39)36-15-4-3-5-16-36)34-33-38-17-14-22-46-44-21-9-13-26-50(44)54(52(38)46)48-24-11-7-19-42(48)43-20-8-12-25-49(43)54/h4,6-8,10-11,13-20,22-24,26-35H,3,5,9,12,21,25H2,1-2H3. The molecule has 0 bridgehead atoms. The van der Waals surface area contributed by atoms with Crippen LogP contribution in [0.4, 0.5) is 11.4 Å². The lowest BCUT2D eigenvalue weighted by atomic mass is 9.65. The van der Waals surface area contributed by atoms with Crippen molar-refractivity contribution in [1.29, 1.82) is 0 Å². The van der Waals surface area contributed by atoms with Crippen molar-refractivity contribution in [2.75, 3.05) is 4.90 Å². The van der Waals surface area contributed by atoms with Gasteiger partial charge >= 0.3 is 0 Å². The molecule has 1 atom stereocenters. The quantitative estimate of drug-likeness (QED) is 0.176. The molecule has 0 heterocycles. The molecule has 11 rings (SSSR count). The van der Waals surface area contributed by atoms with Gasteiger partial charge in [0.15, 0.2) is 0 Å². The molecule has 0 aromatic heterocycles. The Hall–Kier alpha value is -5.92. The molecule has 6 aliphatic carbocycles. The number of fused-ring (bicyclic) bond motifs is 11. The second kappa shape index (κ2) is 12.3. The minimum Gasteiger partial charge on any atom is -0.317 e. The number of benzene rings is 5. The van der Waals surface area contributed by atoms with Gasteiger partial charge in [-0.2, -0.15) is 0 Å². The van der Waals surface area contributed by atoms with E-state index in [0.29, 0.717) is 0 Å². The topological polar surface area (TPSA) is 3.24 Å². The van der Waals surface area contributed by atoms with Gasteiger partial charge in [-0.1, -0.05) is 141 Å². The summed E-state index contributed by atoms with van der Waals surface area (Å²) in [4.78, 5) is 2.42. The first-order valence-corrected chi connectivity index (χ1v) is 20.3. The van der Waals surface area contributed by atoms with E-state index in [1.807, 2.05) is 0 Å². The van der Waals surface area contributed by atoms with Crippen molar-refractivity contribution >= 4 is 34.2 Å². The summed E-state index contributed by atoms with van der Waals surface area (Å²) < 4.78 is 0. The van der Waals surface area contributed by atoms with Crippen molar-refractivity contribution in [1.82, 2.24) is 0 Å². The fraction of sp³-hybridized carbons (Fsp3) is 0.185. The Balaban J connectivity index is 1.09. The zero-order valence-corrected chi connectivity index (χ0v) is 31.8. The van der Waals surface area contributed by atoms with Crippen LogP contribution in [-0.2, 0) is 10.8 Å². The summed E-state index contributed by atoms with van der Waals surface area (Å²) in [6.45, 7) is 4.75. The Morgan fingerprint density at radius 3 is 2.16 bits per heavy atom. The van der Waals surface area contributed by atoms with Gasteiger partial charge in [-0.3, -0.25) is 0 Å². The van der Waals surface area contributed by atoms with Gasteiger partial charge in [-0.05, 0) is 152 Å². The molecule has 0 saturated heterocycles. The van der Waals surface area contributed by atoms with Crippen LogP contribution in [0.5, 0.6) is 0 Å². The predicted octanol–water partition coefficient (Wildman–Crippen LogP) is 14.1. The van der Waals surface area contributed by atoms with Gasteiger partial charge in [0.05, 0.1) is 5.41 Å². The molecule has 1 nitrogen and oxygen atoms in total. The van der Waals surface area contributed by atoms with E-state index >= 15 is 0 Å². The molecule has 5 aromatic carbocycles. The zero-order valence-electron chi connectivity index (χ0n) is 31.8. The summed E-state index contributed by atoms with van der Waals surface area (Å²) >= 11 is 0. The summed E-state index contributed by atoms with van der Waals surface area (Å²) in [7, 11) is 0. The Kier molecular flexibility index (Phi) is 7.27. The average Bonchev–Trinajstić information content (AvgIpc) is 3.80. The molecule has 6 aliphatic rings. The van der Waals surface area contributed by atoms with Crippen LogP contribution in [0.3, 0.4) is 0 Å². The molecule has 55 heavy (non-hydrogen) atoms. The minimum atomic E-state index is -0.268. The van der Waals surface area contributed by atoms with Crippen molar-refractivity contribution in [3.8, 4) is 11.1 Å². The van der Waals surface area contributed by atoms with Crippen LogP contribution in [0.15, 0.2) is 169 Å². The van der Waals surface area contributed by atoms with Gasteiger partial charge in [-0.25, -0.2) is 0 Å². The number of nitrogens with zero attached hydrogens (tertiary/aromatic N) is 1. The summed E-state index contributed by atoms with van der Waals surface area (Å²) in [5.74, 6) is 0. The second-order valence-corrected chi connectivity index (χ2v) is 16.5. The lowest BCUT2D eigenvalue weighted by Crippen LogP contribution is -2.29. The predicted molar refractivity (Wildman–Crippen MR) is 232 cm³/mol. The van der Waals surface area contributed by atoms with Crippen LogP contribution in [0.2, 0.25) is 0 Å². The first kappa shape index (κ1) is 32.5. The maximum atomic E-state index is 2.48. The number of hydrogen-bond donors (Lipinski definition) is 0. The van der Waals surface area contributed by atoms with Crippen LogP contribution < -0.4 is 4.90 Å². The summed E-state index contributed by atoms with van der Waals surface area (Å²) in [6.07, 6.45) is 28.0. The number of anilines is 2. The lowest BCUT2D eigenvalue weighted by Gasteiger charge is -2.36. The monoisotopic (exact) mass is 707 g/mol. The molecule has 0 radical (unpaired) electrons. The molecular weight excluding hydrogens is 663 g/mol. The van der Waals surface area contributed by atoms with Gasteiger partial charge < -0.3 is 4.90 Å². The molecular formula is C54H45N. The first-order chi connectivity index (χ1) is 27.0. The Bertz CT molecular complexity index is 2660. The zero-order chi connectivity index (χ0) is 36.7. The van der Waals surface area contributed by atoms with E-state index in [-0.39, 0.29) is 10.8 Å². The Labute approximate surface area is 325 Å². The molecule has 0 saturated carbocycles. The highest BCUT2D eigenvalue weighted by Crippen LogP contribution is 2.65. The average molecular weight is 708 g/mol. The third-order valence-electron chi connectivity index (χ3n) is 13.3. The second-order valence-electron chi connectivity index (χ2n) is 16.5. The highest BCUT2D eigenvalue weighted by atomic mass is 15.1. The molecule has 0 fully saturated rings. The Morgan fingerprint density at radius 1 is 0.582 bits per heavy atom.